The lowest BCUT2D eigenvalue weighted by molar-refractivity contribution is -0.131. The molecule has 4 heteroatoms. The predicted molar refractivity (Wildman–Crippen MR) is 78.6 cm³/mol. The molecule has 0 aromatic heterocycles. The highest BCUT2D eigenvalue weighted by Gasteiger charge is 2.01. The molecule has 2 aromatic carbocycles. The lowest BCUT2D eigenvalue weighted by Gasteiger charge is -2.08. The number of aliphatic carboxylic acids is 1. The van der Waals surface area contributed by atoms with Crippen molar-refractivity contribution >= 4 is 12.0 Å². The number of carbonyl (C=O) groups is 1. The topological polar surface area (TPSA) is 70.3 Å². The van der Waals surface area contributed by atoms with Crippen LogP contribution in [0.5, 0.6) is 5.75 Å². The molecule has 0 spiro atoms. The molecule has 2 rings (SSSR count). The van der Waals surface area contributed by atoms with Crippen LogP contribution in [0.2, 0.25) is 0 Å². The van der Waals surface area contributed by atoms with E-state index in [0.29, 0.717) is 17.9 Å². The smallest absolute Gasteiger partial charge is 0.328 e. The first-order valence-corrected chi connectivity index (χ1v) is 6.31. The summed E-state index contributed by atoms with van der Waals surface area (Å²) in [5, 5.41) is 17.4. The highest BCUT2D eigenvalue weighted by Crippen LogP contribution is 2.16. The largest absolute Gasteiger partial charge is 0.489 e. The third-order valence-corrected chi connectivity index (χ3v) is 2.84. The van der Waals surface area contributed by atoms with Crippen LogP contribution in [0, 0.1) is 11.3 Å². The Kier molecular flexibility index (Phi) is 4.73. The number of carboxylic acid groups (broad SMARTS) is 1. The van der Waals surface area contributed by atoms with E-state index in [2.05, 4.69) is 0 Å². The first-order chi connectivity index (χ1) is 10.2. The Morgan fingerprint density at radius 3 is 2.57 bits per heavy atom. The van der Waals surface area contributed by atoms with E-state index in [1.165, 1.54) is 0 Å². The highest BCUT2D eigenvalue weighted by atomic mass is 16.5. The predicted octanol–water partition coefficient (Wildman–Crippen LogP) is 3.24. The SMILES string of the molecule is N#Cc1ccc(OCc2ccccc2C=CC(=O)O)cc1. The van der Waals surface area contributed by atoms with Gasteiger partial charge in [-0.3, -0.25) is 0 Å². The lowest BCUT2D eigenvalue weighted by atomic mass is 10.1. The third kappa shape index (κ3) is 4.22. The fraction of sp³-hybridized carbons (Fsp3) is 0.0588. The zero-order valence-electron chi connectivity index (χ0n) is 11.2. The van der Waals surface area contributed by atoms with Crippen LogP contribution in [-0.4, -0.2) is 11.1 Å². The summed E-state index contributed by atoms with van der Waals surface area (Å²) in [5.74, 6) is -0.330. The lowest BCUT2D eigenvalue weighted by Crippen LogP contribution is -1.98. The number of nitriles is 1. The molecule has 0 saturated carbocycles. The normalized spacial score (nSPS) is 10.2. The third-order valence-electron chi connectivity index (χ3n) is 2.84. The summed E-state index contributed by atoms with van der Waals surface area (Å²) in [6.45, 7) is 0.325. The zero-order chi connectivity index (χ0) is 15.1. The van der Waals surface area contributed by atoms with Gasteiger partial charge in [0.05, 0.1) is 11.6 Å². The van der Waals surface area contributed by atoms with Crippen molar-refractivity contribution in [3.8, 4) is 11.8 Å². The summed E-state index contributed by atoms with van der Waals surface area (Å²) in [4.78, 5) is 10.6. The number of ether oxygens (including phenoxy) is 1. The number of hydrogen-bond acceptors (Lipinski definition) is 3. The first-order valence-electron chi connectivity index (χ1n) is 6.31. The van der Waals surface area contributed by atoms with Crippen LogP contribution in [0.4, 0.5) is 0 Å². The van der Waals surface area contributed by atoms with Gasteiger partial charge < -0.3 is 9.84 Å². The first kappa shape index (κ1) is 14.4. The van der Waals surface area contributed by atoms with Crippen molar-refractivity contribution in [3.63, 3.8) is 0 Å². The number of rotatable bonds is 5. The van der Waals surface area contributed by atoms with Gasteiger partial charge in [-0.1, -0.05) is 24.3 Å². The molecule has 21 heavy (non-hydrogen) atoms. The van der Waals surface area contributed by atoms with Gasteiger partial charge in [0, 0.05) is 6.08 Å². The molecular formula is C17H13NO3. The van der Waals surface area contributed by atoms with Crippen molar-refractivity contribution in [1.29, 1.82) is 5.26 Å². The van der Waals surface area contributed by atoms with Crippen LogP contribution in [0.1, 0.15) is 16.7 Å². The molecule has 0 aliphatic rings. The molecule has 0 radical (unpaired) electrons. The molecule has 0 unspecified atom stereocenters. The van der Waals surface area contributed by atoms with Gasteiger partial charge in [-0.05, 0) is 41.5 Å². The minimum absolute atomic E-state index is 0.325. The minimum Gasteiger partial charge on any atom is -0.489 e. The summed E-state index contributed by atoms with van der Waals surface area (Å²) in [6, 6.07) is 16.3. The summed E-state index contributed by atoms with van der Waals surface area (Å²) < 4.78 is 5.65. The average Bonchev–Trinajstić information content (AvgIpc) is 2.52. The van der Waals surface area contributed by atoms with E-state index in [1.54, 1.807) is 30.3 Å². The second kappa shape index (κ2) is 6.92. The van der Waals surface area contributed by atoms with Crippen molar-refractivity contribution in [1.82, 2.24) is 0 Å². The van der Waals surface area contributed by atoms with E-state index in [1.807, 2.05) is 30.3 Å². The molecule has 0 atom stereocenters. The van der Waals surface area contributed by atoms with Gasteiger partial charge in [0.1, 0.15) is 12.4 Å². The van der Waals surface area contributed by atoms with Crippen molar-refractivity contribution in [2.75, 3.05) is 0 Å². The summed E-state index contributed by atoms with van der Waals surface area (Å²) in [6.07, 6.45) is 2.64. The second-order valence-electron chi connectivity index (χ2n) is 4.30. The number of hydrogen-bond donors (Lipinski definition) is 1. The zero-order valence-corrected chi connectivity index (χ0v) is 11.2. The fourth-order valence-electron chi connectivity index (χ4n) is 1.78. The second-order valence-corrected chi connectivity index (χ2v) is 4.30. The van der Waals surface area contributed by atoms with E-state index in [0.717, 1.165) is 17.2 Å². The van der Waals surface area contributed by atoms with E-state index < -0.39 is 5.97 Å². The maximum absolute atomic E-state index is 10.6. The molecule has 4 nitrogen and oxygen atoms in total. The molecule has 1 N–H and O–H groups in total. The van der Waals surface area contributed by atoms with Gasteiger partial charge >= 0.3 is 5.97 Å². The molecule has 0 saturated heterocycles. The van der Waals surface area contributed by atoms with Gasteiger partial charge in [0.2, 0.25) is 0 Å². The van der Waals surface area contributed by atoms with Gasteiger partial charge in [-0.15, -0.1) is 0 Å². The van der Waals surface area contributed by atoms with Crippen LogP contribution >= 0.6 is 0 Å². The Hall–Kier alpha value is -3.06. The van der Waals surface area contributed by atoms with Crippen LogP contribution in [0.3, 0.4) is 0 Å². The standard InChI is InChI=1S/C17H13NO3/c18-11-13-5-8-16(9-6-13)21-12-15-4-2-1-3-14(15)7-10-17(19)20/h1-10H,12H2,(H,19,20). The Balaban J connectivity index is 2.09. The molecule has 2 aromatic rings. The summed E-state index contributed by atoms with van der Waals surface area (Å²) in [5.41, 5.74) is 2.26. The number of benzene rings is 2. The van der Waals surface area contributed by atoms with E-state index >= 15 is 0 Å². The van der Waals surface area contributed by atoms with Crippen LogP contribution in [-0.2, 0) is 11.4 Å². The molecule has 0 heterocycles. The van der Waals surface area contributed by atoms with Crippen molar-refractivity contribution in [3.05, 3.63) is 71.3 Å². The number of nitrogens with zero attached hydrogens (tertiary/aromatic N) is 1. The molecule has 0 aliphatic carbocycles. The average molecular weight is 279 g/mol. The summed E-state index contributed by atoms with van der Waals surface area (Å²) in [7, 11) is 0. The highest BCUT2D eigenvalue weighted by molar-refractivity contribution is 5.85. The van der Waals surface area contributed by atoms with Crippen LogP contribution in [0.15, 0.2) is 54.6 Å². The Morgan fingerprint density at radius 2 is 1.90 bits per heavy atom. The molecule has 0 amide bonds. The van der Waals surface area contributed by atoms with E-state index in [-0.39, 0.29) is 0 Å². The minimum atomic E-state index is -0.988. The fourth-order valence-corrected chi connectivity index (χ4v) is 1.78. The van der Waals surface area contributed by atoms with E-state index in [4.69, 9.17) is 15.1 Å². The molecule has 0 bridgehead atoms. The molecular weight excluding hydrogens is 266 g/mol. The number of carboxylic acids is 1. The van der Waals surface area contributed by atoms with Gasteiger partial charge in [0.25, 0.3) is 0 Å². The quantitative estimate of drug-likeness (QED) is 0.853. The Morgan fingerprint density at radius 1 is 1.19 bits per heavy atom. The molecule has 0 aliphatic heterocycles. The summed E-state index contributed by atoms with van der Waals surface area (Å²) >= 11 is 0. The van der Waals surface area contributed by atoms with E-state index in [9.17, 15) is 4.79 Å². The van der Waals surface area contributed by atoms with Crippen LogP contribution < -0.4 is 4.74 Å². The molecule has 104 valence electrons. The Labute approximate surface area is 122 Å². The monoisotopic (exact) mass is 279 g/mol. The van der Waals surface area contributed by atoms with Crippen molar-refractivity contribution < 1.29 is 14.6 Å². The molecule has 0 fully saturated rings. The van der Waals surface area contributed by atoms with Gasteiger partial charge in [-0.2, -0.15) is 5.26 Å². The maximum Gasteiger partial charge on any atom is 0.328 e. The maximum atomic E-state index is 10.6. The van der Waals surface area contributed by atoms with Crippen LogP contribution in [0.25, 0.3) is 6.08 Å². The Bertz CT molecular complexity index is 697. The van der Waals surface area contributed by atoms with Gasteiger partial charge in [-0.25, -0.2) is 4.79 Å². The van der Waals surface area contributed by atoms with Crippen molar-refractivity contribution in [2.45, 2.75) is 6.61 Å². The van der Waals surface area contributed by atoms with Crippen molar-refractivity contribution in [2.24, 2.45) is 0 Å². The van der Waals surface area contributed by atoms with Gasteiger partial charge in [0.15, 0.2) is 0 Å².